The van der Waals surface area contributed by atoms with Gasteiger partial charge in [0.25, 0.3) is 0 Å². The Balaban J connectivity index is 1.66. The van der Waals surface area contributed by atoms with Crippen molar-refractivity contribution in [2.75, 3.05) is 13.7 Å². The monoisotopic (exact) mass is 429 g/mol. The van der Waals surface area contributed by atoms with Crippen LogP contribution in [0.15, 0.2) is 42.5 Å². The van der Waals surface area contributed by atoms with Crippen molar-refractivity contribution < 1.29 is 19.4 Å². The SMILES string of the molecule is COC(=O)CCCC=CCN1C(=O)CCC1CC[C@@H](O)[C@@H](C)CCCc1ccccc1. The van der Waals surface area contributed by atoms with Gasteiger partial charge in [-0.3, -0.25) is 9.59 Å². The molecule has 1 unspecified atom stereocenters. The van der Waals surface area contributed by atoms with E-state index in [1.54, 1.807) is 0 Å². The second-order valence-electron chi connectivity index (χ2n) is 8.68. The van der Waals surface area contributed by atoms with Gasteiger partial charge in [-0.2, -0.15) is 0 Å². The molecule has 1 heterocycles. The van der Waals surface area contributed by atoms with Crippen molar-refractivity contribution in [2.45, 2.75) is 83.3 Å². The first-order valence-electron chi connectivity index (χ1n) is 11.7. The number of esters is 1. The van der Waals surface area contributed by atoms with Crippen molar-refractivity contribution in [3.8, 4) is 0 Å². The van der Waals surface area contributed by atoms with E-state index in [0.29, 0.717) is 19.4 Å². The summed E-state index contributed by atoms with van der Waals surface area (Å²) in [5.41, 5.74) is 1.35. The quantitative estimate of drug-likeness (QED) is 0.265. The van der Waals surface area contributed by atoms with Crippen molar-refractivity contribution in [3.63, 3.8) is 0 Å². The van der Waals surface area contributed by atoms with Gasteiger partial charge in [0.2, 0.25) is 5.91 Å². The van der Waals surface area contributed by atoms with E-state index < -0.39 is 0 Å². The zero-order valence-corrected chi connectivity index (χ0v) is 19.2. The fourth-order valence-electron chi connectivity index (χ4n) is 4.23. The zero-order valence-electron chi connectivity index (χ0n) is 19.2. The molecule has 0 spiro atoms. The molecule has 5 heteroatoms. The molecule has 1 aromatic rings. The number of likely N-dealkylation sites (tertiary alicyclic amines) is 1. The molecule has 0 bridgehead atoms. The Bertz CT molecular complexity index is 688. The van der Waals surface area contributed by atoms with E-state index in [9.17, 15) is 14.7 Å². The Kier molecular flexibility index (Phi) is 11.4. The third-order valence-electron chi connectivity index (χ3n) is 6.32. The Morgan fingerprint density at radius 3 is 2.74 bits per heavy atom. The fourth-order valence-corrected chi connectivity index (χ4v) is 4.23. The van der Waals surface area contributed by atoms with Gasteiger partial charge >= 0.3 is 5.97 Å². The molecular formula is C26H39NO4. The van der Waals surface area contributed by atoms with Crippen LogP contribution >= 0.6 is 0 Å². The Hall–Kier alpha value is -2.14. The molecular weight excluding hydrogens is 390 g/mol. The van der Waals surface area contributed by atoms with Crippen LogP contribution in [0.5, 0.6) is 0 Å². The average Bonchev–Trinajstić information content (AvgIpc) is 3.14. The molecule has 1 aromatic carbocycles. The van der Waals surface area contributed by atoms with Crippen LogP contribution in [0.25, 0.3) is 0 Å². The molecule has 2 rings (SSSR count). The highest BCUT2D eigenvalue weighted by molar-refractivity contribution is 5.78. The molecule has 1 saturated heterocycles. The van der Waals surface area contributed by atoms with Crippen molar-refractivity contribution in [2.24, 2.45) is 5.92 Å². The minimum absolute atomic E-state index is 0.184. The van der Waals surface area contributed by atoms with Gasteiger partial charge in [0, 0.05) is 25.4 Å². The lowest BCUT2D eigenvalue weighted by molar-refractivity contribution is -0.140. The van der Waals surface area contributed by atoms with Gasteiger partial charge in [0.05, 0.1) is 13.2 Å². The molecule has 0 saturated carbocycles. The van der Waals surface area contributed by atoms with E-state index in [1.807, 2.05) is 23.1 Å². The highest BCUT2D eigenvalue weighted by Crippen LogP contribution is 2.25. The predicted molar refractivity (Wildman–Crippen MR) is 124 cm³/mol. The number of aliphatic hydroxyl groups is 1. The van der Waals surface area contributed by atoms with E-state index >= 15 is 0 Å². The molecule has 0 aliphatic carbocycles. The number of methoxy groups -OCH3 is 1. The molecule has 31 heavy (non-hydrogen) atoms. The van der Waals surface area contributed by atoms with Crippen LogP contribution in [-0.4, -0.2) is 47.7 Å². The van der Waals surface area contributed by atoms with Crippen molar-refractivity contribution in [1.29, 1.82) is 0 Å². The Labute approximate surface area is 187 Å². The van der Waals surface area contributed by atoms with Gasteiger partial charge in [0.15, 0.2) is 0 Å². The summed E-state index contributed by atoms with van der Waals surface area (Å²) in [6.45, 7) is 2.74. The highest BCUT2D eigenvalue weighted by Gasteiger charge is 2.30. The summed E-state index contributed by atoms with van der Waals surface area (Å²) < 4.78 is 4.63. The number of rotatable bonds is 14. The minimum atomic E-state index is -0.317. The fraction of sp³-hybridized carbons (Fsp3) is 0.615. The molecule has 1 aliphatic rings. The zero-order chi connectivity index (χ0) is 22.5. The number of aryl methyl sites for hydroxylation is 1. The van der Waals surface area contributed by atoms with E-state index in [4.69, 9.17) is 0 Å². The Morgan fingerprint density at radius 2 is 2.00 bits per heavy atom. The van der Waals surface area contributed by atoms with E-state index in [0.717, 1.165) is 51.4 Å². The highest BCUT2D eigenvalue weighted by atomic mass is 16.5. The standard InChI is InChI=1S/C26H39NO4/c1-21(11-10-14-22-12-6-5-7-13-22)24(28)18-16-23-17-19-25(29)27(23)20-9-4-3-8-15-26(30)31-2/h4-7,9,12-13,21,23-24,28H,3,8,10-11,14-20H2,1-2H3/t21-,23?,24+/m0/s1. The maximum absolute atomic E-state index is 12.3. The number of hydrogen-bond acceptors (Lipinski definition) is 4. The van der Waals surface area contributed by atoms with Gasteiger partial charge in [-0.1, -0.05) is 49.4 Å². The third kappa shape index (κ3) is 9.26. The van der Waals surface area contributed by atoms with Crippen LogP contribution in [-0.2, 0) is 20.7 Å². The number of amides is 1. The first kappa shape index (κ1) is 25.1. The number of aliphatic hydroxyl groups excluding tert-OH is 1. The number of allylic oxidation sites excluding steroid dienone is 1. The van der Waals surface area contributed by atoms with Crippen LogP contribution in [0.2, 0.25) is 0 Å². The third-order valence-corrected chi connectivity index (χ3v) is 6.32. The van der Waals surface area contributed by atoms with E-state index in [1.165, 1.54) is 12.7 Å². The van der Waals surface area contributed by atoms with E-state index in [2.05, 4.69) is 35.9 Å². The first-order chi connectivity index (χ1) is 15.0. The number of ether oxygens (including phenoxy) is 1. The number of hydrogen-bond donors (Lipinski definition) is 1. The van der Waals surface area contributed by atoms with Crippen LogP contribution in [0.1, 0.15) is 70.3 Å². The maximum atomic E-state index is 12.3. The number of benzene rings is 1. The minimum Gasteiger partial charge on any atom is -0.469 e. The van der Waals surface area contributed by atoms with Crippen molar-refractivity contribution in [1.82, 2.24) is 4.90 Å². The van der Waals surface area contributed by atoms with Gasteiger partial charge < -0.3 is 14.7 Å². The van der Waals surface area contributed by atoms with Crippen molar-refractivity contribution >= 4 is 11.9 Å². The summed E-state index contributed by atoms with van der Waals surface area (Å²) in [7, 11) is 1.40. The number of nitrogens with zero attached hydrogens (tertiary/aromatic N) is 1. The summed E-state index contributed by atoms with van der Waals surface area (Å²) in [5.74, 6) is 0.287. The van der Waals surface area contributed by atoms with Crippen LogP contribution in [0, 0.1) is 5.92 Å². The van der Waals surface area contributed by atoms with Gasteiger partial charge in [-0.05, 0) is 62.8 Å². The lowest BCUT2D eigenvalue weighted by Crippen LogP contribution is -2.34. The predicted octanol–water partition coefficient (Wildman–Crippen LogP) is 4.68. The summed E-state index contributed by atoms with van der Waals surface area (Å²) >= 11 is 0. The number of unbranched alkanes of at least 4 members (excludes halogenated alkanes) is 1. The second-order valence-corrected chi connectivity index (χ2v) is 8.68. The van der Waals surface area contributed by atoms with Crippen LogP contribution in [0.3, 0.4) is 0 Å². The largest absolute Gasteiger partial charge is 0.469 e. The van der Waals surface area contributed by atoms with Gasteiger partial charge in [-0.25, -0.2) is 0 Å². The maximum Gasteiger partial charge on any atom is 0.305 e. The molecule has 3 atom stereocenters. The molecule has 1 aliphatic heterocycles. The molecule has 0 radical (unpaired) electrons. The summed E-state index contributed by atoms with van der Waals surface area (Å²) in [6.07, 6.45) is 11.9. The van der Waals surface area contributed by atoms with Crippen LogP contribution in [0.4, 0.5) is 0 Å². The van der Waals surface area contributed by atoms with Crippen LogP contribution < -0.4 is 0 Å². The topological polar surface area (TPSA) is 66.8 Å². The molecule has 5 nitrogen and oxygen atoms in total. The van der Waals surface area contributed by atoms with Gasteiger partial charge in [-0.15, -0.1) is 0 Å². The molecule has 1 N–H and O–H groups in total. The number of carbonyl (C=O) groups excluding carboxylic acids is 2. The lowest BCUT2D eigenvalue weighted by Gasteiger charge is -2.26. The second kappa shape index (κ2) is 14.0. The average molecular weight is 430 g/mol. The lowest BCUT2D eigenvalue weighted by atomic mass is 9.92. The first-order valence-corrected chi connectivity index (χ1v) is 11.7. The normalized spacial score (nSPS) is 18.5. The number of carbonyl (C=O) groups is 2. The molecule has 172 valence electrons. The summed E-state index contributed by atoms with van der Waals surface area (Å²) in [4.78, 5) is 25.3. The Morgan fingerprint density at radius 1 is 1.23 bits per heavy atom. The summed E-state index contributed by atoms with van der Waals surface area (Å²) in [6, 6.07) is 10.7. The van der Waals surface area contributed by atoms with E-state index in [-0.39, 0.29) is 29.9 Å². The molecule has 1 amide bonds. The molecule has 1 fully saturated rings. The smallest absolute Gasteiger partial charge is 0.305 e. The van der Waals surface area contributed by atoms with Gasteiger partial charge in [0.1, 0.15) is 0 Å². The molecule has 0 aromatic heterocycles. The summed E-state index contributed by atoms with van der Waals surface area (Å²) in [5, 5.41) is 10.6. The van der Waals surface area contributed by atoms with Crippen molar-refractivity contribution in [3.05, 3.63) is 48.0 Å².